The summed E-state index contributed by atoms with van der Waals surface area (Å²) in [6.45, 7) is 3.47. The van der Waals surface area contributed by atoms with Gasteiger partial charge in [0.2, 0.25) is 0 Å². The number of carbonyl (C=O) groups excluding carboxylic acids is 3. The lowest BCUT2D eigenvalue weighted by Gasteiger charge is -2.19. The maximum atomic E-state index is 13.5. The van der Waals surface area contributed by atoms with E-state index in [0.29, 0.717) is 59.6 Å². The fourth-order valence-electron chi connectivity index (χ4n) is 4.36. The Hall–Kier alpha value is -3.81. The number of nitrogen functional groups attached to an aromatic ring is 1. The third kappa shape index (κ3) is 4.76. The van der Waals surface area contributed by atoms with E-state index in [1.54, 1.807) is 17.7 Å². The first-order valence-electron chi connectivity index (χ1n) is 11.3. The van der Waals surface area contributed by atoms with Crippen LogP contribution in [0.25, 0.3) is 5.69 Å². The lowest BCUT2D eigenvalue weighted by Crippen LogP contribution is -2.23. The van der Waals surface area contributed by atoms with E-state index in [0.717, 1.165) is 5.56 Å². The summed E-state index contributed by atoms with van der Waals surface area (Å²) in [5, 5.41) is 7.47. The summed E-state index contributed by atoms with van der Waals surface area (Å²) >= 11 is 0. The summed E-state index contributed by atoms with van der Waals surface area (Å²) in [6, 6.07) is 11.4. The van der Waals surface area contributed by atoms with E-state index < -0.39 is 5.82 Å². The Morgan fingerprint density at radius 2 is 1.82 bits per heavy atom. The number of anilines is 1. The molecule has 1 aliphatic carbocycles. The monoisotopic (exact) mass is 462 g/mol. The number of aromatic nitrogens is 2. The van der Waals surface area contributed by atoms with Gasteiger partial charge in [0.25, 0.3) is 5.91 Å². The highest BCUT2D eigenvalue weighted by Gasteiger charge is 2.28. The second-order valence-corrected chi connectivity index (χ2v) is 8.74. The Labute approximate surface area is 197 Å². The minimum atomic E-state index is -0.459. The third-order valence-corrected chi connectivity index (χ3v) is 6.29. The van der Waals surface area contributed by atoms with Gasteiger partial charge < -0.3 is 11.1 Å². The number of hydrogen-bond acceptors (Lipinski definition) is 5. The number of nitrogens with zero attached hydrogens (tertiary/aromatic N) is 2. The van der Waals surface area contributed by atoms with E-state index in [2.05, 4.69) is 10.4 Å². The van der Waals surface area contributed by atoms with E-state index >= 15 is 0 Å². The number of nitrogens with one attached hydrogen (secondary N) is 1. The normalized spacial score (nSPS) is 14.3. The van der Waals surface area contributed by atoms with Crippen molar-refractivity contribution in [1.29, 1.82) is 0 Å². The molecule has 1 fully saturated rings. The summed E-state index contributed by atoms with van der Waals surface area (Å²) in [5.74, 6) is -0.700. The molecule has 1 saturated carbocycles. The molecular weight excluding hydrogens is 435 g/mol. The van der Waals surface area contributed by atoms with Crippen LogP contribution in [0, 0.1) is 12.7 Å². The first-order chi connectivity index (χ1) is 16.2. The summed E-state index contributed by atoms with van der Waals surface area (Å²) in [6.07, 6.45) is 2.37. The van der Waals surface area contributed by atoms with E-state index in [1.165, 1.54) is 19.1 Å². The molecular formula is C26H27FN4O3. The maximum Gasteiger partial charge on any atom is 0.251 e. The molecule has 3 N–H and O–H groups in total. The van der Waals surface area contributed by atoms with Gasteiger partial charge in [-0.15, -0.1) is 0 Å². The number of Topliss-reactive ketones (excluding diaryl/α,β-unsaturated/α-hetero) is 2. The Morgan fingerprint density at radius 3 is 2.47 bits per heavy atom. The van der Waals surface area contributed by atoms with Crippen LogP contribution < -0.4 is 11.1 Å². The zero-order valence-electron chi connectivity index (χ0n) is 19.2. The molecule has 1 amide bonds. The predicted molar refractivity (Wildman–Crippen MR) is 127 cm³/mol. The van der Waals surface area contributed by atoms with E-state index in [-0.39, 0.29) is 29.9 Å². The standard InChI is InChI=1S/C26H27FN4O3/c1-15-3-8-19(27)13-22(15)26(34)29-14-17-4-9-20(10-5-17)31-25(16(2)32)23(28)24(30-31)18-6-11-21(33)12-7-18/h3-5,8-10,13,18H,6-7,11-12,14,28H2,1-2H3,(H,29,34). The summed E-state index contributed by atoms with van der Waals surface area (Å²) in [7, 11) is 0. The smallest absolute Gasteiger partial charge is 0.251 e. The zero-order chi connectivity index (χ0) is 24.4. The fraction of sp³-hybridized carbons (Fsp3) is 0.308. The molecule has 1 aromatic heterocycles. The zero-order valence-corrected chi connectivity index (χ0v) is 19.2. The highest BCUT2D eigenvalue weighted by Crippen LogP contribution is 2.36. The van der Waals surface area contributed by atoms with Gasteiger partial charge in [0, 0.05) is 37.8 Å². The van der Waals surface area contributed by atoms with Gasteiger partial charge in [-0.3, -0.25) is 14.4 Å². The van der Waals surface area contributed by atoms with E-state index in [1.807, 2.05) is 24.3 Å². The minimum Gasteiger partial charge on any atom is -0.395 e. The molecule has 0 unspecified atom stereocenters. The molecule has 0 bridgehead atoms. The van der Waals surface area contributed by atoms with Crippen LogP contribution in [0.1, 0.15) is 76.2 Å². The van der Waals surface area contributed by atoms with Crippen LogP contribution in [0.3, 0.4) is 0 Å². The van der Waals surface area contributed by atoms with Crippen molar-refractivity contribution in [3.05, 3.63) is 76.4 Å². The Morgan fingerprint density at radius 1 is 1.15 bits per heavy atom. The average Bonchev–Trinajstić information content (AvgIpc) is 3.17. The Balaban J connectivity index is 1.52. The highest BCUT2D eigenvalue weighted by molar-refractivity contribution is 5.98. The number of halogens is 1. The second-order valence-electron chi connectivity index (χ2n) is 8.74. The Bertz CT molecular complexity index is 1250. The number of hydrogen-bond donors (Lipinski definition) is 2. The molecule has 0 aliphatic heterocycles. The van der Waals surface area contributed by atoms with Crippen LogP contribution in [-0.4, -0.2) is 27.3 Å². The topological polar surface area (TPSA) is 107 Å². The minimum absolute atomic E-state index is 0.0535. The second kappa shape index (κ2) is 9.59. The lowest BCUT2D eigenvalue weighted by atomic mass is 9.85. The van der Waals surface area contributed by atoms with E-state index in [4.69, 9.17) is 5.73 Å². The molecule has 34 heavy (non-hydrogen) atoms. The van der Waals surface area contributed by atoms with Crippen molar-refractivity contribution in [2.75, 3.05) is 5.73 Å². The molecule has 8 heteroatoms. The highest BCUT2D eigenvalue weighted by atomic mass is 19.1. The van der Waals surface area contributed by atoms with Gasteiger partial charge in [0.1, 0.15) is 17.3 Å². The Kier molecular flexibility index (Phi) is 6.58. The molecule has 0 radical (unpaired) electrons. The first-order valence-corrected chi connectivity index (χ1v) is 11.3. The molecule has 1 heterocycles. The van der Waals surface area contributed by atoms with Crippen molar-refractivity contribution in [1.82, 2.24) is 15.1 Å². The lowest BCUT2D eigenvalue weighted by molar-refractivity contribution is -0.120. The van der Waals surface area contributed by atoms with Crippen LogP contribution in [0.15, 0.2) is 42.5 Å². The van der Waals surface area contributed by atoms with Gasteiger partial charge in [-0.25, -0.2) is 9.07 Å². The van der Waals surface area contributed by atoms with Gasteiger partial charge >= 0.3 is 0 Å². The molecule has 3 aromatic rings. The largest absolute Gasteiger partial charge is 0.395 e. The number of nitrogens with two attached hydrogens (primary N) is 1. The first kappa shape index (κ1) is 23.4. The number of benzene rings is 2. The molecule has 0 saturated heterocycles. The number of aryl methyl sites for hydroxylation is 1. The van der Waals surface area contributed by atoms with Crippen molar-refractivity contribution in [3.8, 4) is 5.69 Å². The van der Waals surface area contributed by atoms with Gasteiger partial charge in [-0.1, -0.05) is 18.2 Å². The SMILES string of the molecule is CC(=O)c1c(N)c(C2CCC(=O)CC2)nn1-c1ccc(CNC(=O)c2cc(F)ccc2C)cc1. The molecule has 2 aromatic carbocycles. The van der Waals surface area contributed by atoms with Crippen molar-refractivity contribution in [2.45, 2.75) is 52.0 Å². The summed E-state index contributed by atoms with van der Waals surface area (Å²) < 4.78 is 15.1. The van der Waals surface area contributed by atoms with Gasteiger partial charge in [0.05, 0.1) is 17.1 Å². The van der Waals surface area contributed by atoms with Crippen LogP contribution in [0.2, 0.25) is 0 Å². The number of rotatable bonds is 6. The average molecular weight is 463 g/mol. The molecule has 7 nitrogen and oxygen atoms in total. The van der Waals surface area contributed by atoms with Crippen molar-refractivity contribution >= 4 is 23.2 Å². The maximum absolute atomic E-state index is 13.5. The van der Waals surface area contributed by atoms with E-state index in [9.17, 15) is 18.8 Å². The number of ketones is 2. The fourth-order valence-corrected chi connectivity index (χ4v) is 4.36. The van der Waals surface area contributed by atoms with Crippen molar-refractivity contribution in [2.24, 2.45) is 0 Å². The molecule has 0 atom stereocenters. The molecule has 0 spiro atoms. The summed E-state index contributed by atoms with van der Waals surface area (Å²) in [4.78, 5) is 36.4. The van der Waals surface area contributed by atoms with Crippen LogP contribution in [-0.2, 0) is 11.3 Å². The van der Waals surface area contributed by atoms with Crippen LogP contribution in [0.5, 0.6) is 0 Å². The van der Waals surface area contributed by atoms with Crippen molar-refractivity contribution in [3.63, 3.8) is 0 Å². The quantitative estimate of drug-likeness (QED) is 0.532. The molecule has 1 aliphatic rings. The third-order valence-electron chi connectivity index (χ3n) is 6.29. The van der Waals surface area contributed by atoms with Crippen molar-refractivity contribution < 1.29 is 18.8 Å². The number of carbonyl (C=O) groups is 3. The van der Waals surface area contributed by atoms with Gasteiger partial charge in [-0.05, 0) is 55.2 Å². The number of amides is 1. The molecule has 4 rings (SSSR count). The van der Waals surface area contributed by atoms with Crippen LogP contribution >= 0.6 is 0 Å². The van der Waals surface area contributed by atoms with Gasteiger partial charge in [-0.2, -0.15) is 5.10 Å². The summed E-state index contributed by atoms with van der Waals surface area (Å²) in [5.41, 5.74) is 10.2. The molecule has 176 valence electrons. The predicted octanol–water partition coefficient (Wildman–Crippen LogP) is 4.26. The van der Waals surface area contributed by atoms with Gasteiger partial charge in [0.15, 0.2) is 5.78 Å². The van der Waals surface area contributed by atoms with Crippen LogP contribution in [0.4, 0.5) is 10.1 Å².